The zero-order valence-electron chi connectivity index (χ0n) is 28.0. The molecule has 0 heterocycles. The average molecular weight is 773 g/mol. The maximum absolute atomic E-state index is 14.8. The molecule has 0 aliphatic heterocycles. The smallest absolute Gasteiger partial charge is 0.0897 e. The van der Waals surface area contributed by atoms with Crippen molar-refractivity contribution in [1.82, 2.24) is 5.32 Å². The van der Waals surface area contributed by atoms with Gasteiger partial charge in [-0.2, -0.15) is 0 Å². The summed E-state index contributed by atoms with van der Waals surface area (Å²) >= 11 is 0. The second-order valence-corrected chi connectivity index (χ2v) is 8.38. The normalized spacial score (nSPS) is 11.7. The zero-order chi connectivity index (χ0) is 30.5. The van der Waals surface area contributed by atoms with Gasteiger partial charge in [0, 0.05) is 36.9 Å². The third kappa shape index (κ3) is 24.6. The number of nitrogens with one attached hydrogen (secondary N) is 1. The van der Waals surface area contributed by atoms with E-state index in [2.05, 4.69) is 38.2 Å². The largest absolute Gasteiger partial charge is 0.316 e. The molecule has 0 atom stereocenters. The third-order valence-electron chi connectivity index (χ3n) is 5.08. The number of unbranched alkanes of at least 4 members (excludes halogenated alkanes) is 1. The summed E-state index contributed by atoms with van der Waals surface area (Å²) in [4.78, 5) is 0. The number of benzene rings is 1. The van der Waals surface area contributed by atoms with Crippen molar-refractivity contribution in [3.63, 3.8) is 0 Å². The van der Waals surface area contributed by atoms with Crippen molar-refractivity contribution in [3.05, 3.63) is 76.4 Å². The SMILES string of the molecule is CC.CC.CC.CCCCNCC(C)C.C\C=C(/C(F)=C\C(=C(/C)CC)C(\C)=C\CC)c1[c-]cccc1F.[U]. The van der Waals surface area contributed by atoms with E-state index in [0.29, 0.717) is 0 Å². The standard InChI is InChI=1S/C21H25F2.C8H19N.3C2H6.U/c1-6-11-16(5)19(15(4)7-2)14-21(23)17(8-3)18-12-9-10-13-20(18)22;1-4-5-6-9-7-8(2)3;3*1-2;/h8-11,13-14H,6-7H2,1-5H3;8-9H,4-7H2,1-3H3;3*1-2H3;/q-1;;;;;/b16-11+,17-8-,19-15-,21-14+;;;;;. The Morgan fingerprint density at radius 1 is 1.03 bits per heavy atom. The van der Waals surface area contributed by atoms with Crippen LogP contribution in [0, 0.1) is 48.9 Å². The van der Waals surface area contributed by atoms with Crippen LogP contribution in [0.3, 0.4) is 0 Å². The summed E-state index contributed by atoms with van der Waals surface area (Å²) in [6.07, 6.45) is 9.50. The van der Waals surface area contributed by atoms with Crippen LogP contribution in [0.2, 0.25) is 0 Å². The third-order valence-corrected chi connectivity index (χ3v) is 5.08. The number of rotatable bonds is 11. The minimum Gasteiger partial charge on any atom is -0.316 e. The summed E-state index contributed by atoms with van der Waals surface area (Å²) in [5.41, 5.74) is 3.41. The Hall–Kier alpha value is -0.948. The minimum absolute atomic E-state index is 0. The van der Waals surface area contributed by atoms with Crippen LogP contribution < -0.4 is 5.32 Å². The van der Waals surface area contributed by atoms with E-state index in [4.69, 9.17) is 0 Å². The summed E-state index contributed by atoms with van der Waals surface area (Å²) in [6.45, 7) is 30.8. The van der Waals surface area contributed by atoms with Gasteiger partial charge in [0.2, 0.25) is 0 Å². The first-order valence-electron chi connectivity index (χ1n) is 15.0. The van der Waals surface area contributed by atoms with E-state index < -0.39 is 11.6 Å². The Labute approximate surface area is 267 Å². The number of hydrogen-bond donors (Lipinski definition) is 1. The van der Waals surface area contributed by atoms with Gasteiger partial charge in [-0.25, -0.2) is 4.39 Å². The molecule has 39 heavy (non-hydrogen) atoms. The van der Waals surface area contributed by atoms with E-state index in [1.807, 2.05) is 69.2 Å². The number of hydrogen-bond acceptors (Lipinski definition) is 1. The van der Waals surface area contributed by atoms with Crippen LogP contribution in [0.25, 0.3) is 5.57 Å². The summed E-state index contributed by atoms with van der Waals surface area (Å²) in [6, 6.07) is 7.24. The Morgan fingerprint density at radius 2 is 1.59 bits per heavy atom. The second-order valence-electron chi connectivity index (χ2n) is 8.38. The van der Waals surface area contributed by atoms with Gasteiger partial charge in [-0.05, 0) is 69.3 Å². The molecule has 0 saturated heterocycles. The molecule has 1 N–H and O–H groups in total. The molecule has 1 nitrogen and oxygen atoms in total. The van der Waals surface area contributed by atoms with Crippen LogP contribution in [0.1, 0.15) is 128 Å². The Bertz CT molecular complexity index is 790. The van der Waals surface area contributed by atoms with Gasteiger partial charge in [0.05, 0.1) is 5.83 Å². The predicted molar refractivity (Wildman–Crippen MR) is 172 cm³/mol. The topological polar surface area (TPSA) is 12.0 Å². The molecular formula is C35H62F2NU-. The molecule has 0 bridgehead atoms. The van der Waals surface area contributed by atoms with Crippen molar-refractivity contribution in [2.75, 3.05) is 13.1 Å². The van der Waals surface area contributed by atoms with E-state index in [0.717, 1.165) is 35.5 Å². The maximum atomic E-state index is 14.8. The summed E-state index contributed by atoms with van der Waals surface area (Å²) in [5, 5.41) is 3.39. The van der Waals surface area contributed by atoms with Gasteiger partial charge in [0.1, 0.15) is 0 Å². The zero-order valence-corrected chi connectivity index (χ0v) is 32.2. The van der Waals surface area contributed by atoms with E-state index in [-0.39, 0.29) is 42.2 Å². The summed E-state index contributed by atoms with van der Waals surface area (Å²) in [7, 11) is 0. The molecule has 0 aliphatic carbocycles. The van der Waals surface area contributed by atoms with E-state index >= 15 is 0 Å². The molecular weight excluding hydrogens is 710 g/mol. The van der Waals surface area contributed by atoms with Crippen molar-refractivity contribution in [3.8, 4) is 0 Å². The number of halogens is 2. The monoisotopic (exact) mass is 773 g/mol. The van der Waals surface area contributed by atoms with Gasteiger partial charge in [0.15, 0.2) is 0 Å². The summed E-state index contributed by atoms with van der Waals surface area (Å²) in [5.74, 6) is -0.120. The second kappa shape index (κ2) is 35.1. The van der Waals surface area contributed by atoms with Crippen molar-refractivity contribution in [2.45, 2.75) is 123 Å². The molecule has 1 rings (SSSR count). The van der Waals surface area contributed by atoms with Crippen LogP contribution in [0.4, 0.5) is 8.78 Å². The van der Waals surface area contributed by atoms with Gasteiger partial charge in [-0.3, -0.25) is 4.39 Å². The molecule has 4 heteroatoms. The fourth-order valence-corrected chi connectivity index (χ4v) is 3.10. The molecule has 0 unspecified atom stereocenters. The summed E-state index contributed by atoms with van der Waals surface area (Å²) < 4.78 is 28.8. The molecule has 1 aromatic carbocycles. The van der Waals surface area contributed by atoms with Gasteiger partial charge < -0.3 is 5.32 Å². The molecule has 0 saturated carbocycles. The van der Waals surface area contributed by atoms with E-state index in [9.17, 15) is 8.78 Å². The molecule has 0 amide bonds. The first-order chi connectivity index (χ1) is 18.2. The molecule has 0 aliphatic rings. The van der Waals surface area contributed by atoms with Crippen LogP contribution in [0.15, 0.2) is 59.0 Å². The first-order valence-corrected chi connectivity index (χ1v) is 15.0. The van der Waals surface area contributed by atoms with Gasteiger partial charge >= 0.3 is 0 Å². The van der Waals surface area contributed by atoms with Crippen molar-refractivity contribution in [1.29, 1.82) is 0 Å². The van der Waals surface area contributed by atoms with Gasteiger partial charge in [-0.15, -0.1) is 35.9 Å². The molecule has 0 fully saturated rings. The Balaban J connectivity index is -0.000000202. The van der Waals surface area contributed by atoms with Gasteiger partial charge in [0.25, 0.3) is 0 Å². The molecule has 0 radical (unpaired) electrons. The Morgan fingerprint density at radius 3 is 2.00 bits per heavy atom. The quantitative estimate of drug-likeness (QED) is 0.134. The minimum atomic E-state index is -0.470. The fraction of sp³-hybridized carbons (Fsp3) is 0.600. The average Bonchev–Trinajstić information content (AvgIpc) is 2.94. The Kier molecular flexibility index (Phi) is 43.0. The molecule has 0 aromatic heterocycles. The predicted octanol–water partition coefficient (Wildman–Crippen LogP) is 12.1. The van der Waals surface area contributed by atoms with Crippen LogP contribution >= 0.6 is 0 Å². The van der Waals surface area contributed by atoms with Crippen LogP contribution in [-0.4, -0.2) is 13.1 Å². The molecule has 226 valence electrons. The van der Waals surface area contributed by atoms with Crippen molar-refractivity contribution >= 4 is 5.57 Å². The van der Waals surface area contributed by atoms with Crippen molar-refractivity contribution in [2.24, 2.45) is 5.92 Å². The fourth-order valence-electron chi connectivity index (χ4n) is 3.10. The van der Waals surface area contributed by atoms with Gasteiger partial charge in [-0.1, -0.05) is 107 Å². The molecule has 0 spiro atoms. The number of allylic oxidation sites excluding steroid dienone is 8. The van der Waals surface area contributed by atoms with Crippen LogP contribution in [-0.2, 0) is 0 Å². The van der Waals surface area contributed by atoms with E-state index in [1.165, 1.54) is 38.1 Å². The maximum Gasteiger partial charge on any atom is 0.0897 e. The van der Waals surface area contributed by atoms with Crippen molar-refractivity contribution < 1.29 is 39.9 Å². The first kappa shape index (κ1) is 47.8. The molecule has 1 aromatic rings. The van der Waals surface area contributed by atoms with Crippen LogP contribution in [0.5, 0.6) is 0 Å². The van der Waals surface area contributed by atoms with E-state index in [1.54, 1.807) is 25.1 Å².